The highest BCUT2D eigenvalue weighted by Gasteiger charge is 2.32. The molecule has 0 amide bonds. The largest absolute Gasteiger partial charge is 0.378 e. The van der Waals surface area contributed by atoms with Crippen molar-refractivity contribution >= 4 is 28.2 Å². The number of anilines is 1. The molecule has 3 aromatic heterocycles. The summed E-state index contributed by atoms with van der Waals surface area (Å²) in [5, 5.41) is 18.1. The van der Waals surface area contributed by atoms with Gasteiger partial charge in [-0.1, -0.05) is 0 Å². The van der Waals surface area contributed by atoms with Crippen LogP contribution in [0.2, 0.25) is 0 Å². The quantitative estimate of drug-likeness (QED) is 0.574. The molecule has 0 saturated heterocycles. The summed E-state index contributed by atoms with van der Waals surface area (Å²) in [6, 6.07) is 4.60. The van der Waals surface area contributed by atoms with Gasteiger partial charge in [0.05, 0.1) is 11.2 Å². The number of hydrogen-bond acceptors (Lipinski definition) is 7. The lowest BCUT2D eigenvalue weighted by Crippen LogP contribution is -2.24. The van der Waals surface area contributed by atoms with Crippen LogP contribution < -0.4 is 5.73 Å². The van der Waals surface area contributed by atoms with Crippen LogP contribution in [0, 0.1) is 12.7 Å². The van der Waals surface area contributed by atoms with E-state index in [1.54, 1.807) is 35.3 Å². The predicted molar refractivity (Wildman–Crippen MR) is 96.6 cm³/mol. The first-order chi connectivity index (χ1) is 12.4. The molecule has 4 aromatic rings. The first kappa shape index (κ1) is 16.6. The number of nitrogens with two attached hydrogens (primary N) is 1. The van der Waals surface area contributed by atoms with E-state index in [2.05, 4.69) is 20.1 Å². The molecule has 7 nitrogen and oxygen atoms in total. The zero-order valence-electron chi connectivity index (χ0n) is 14.0. The van der Waals surface area contributed by atoms with Crippen molar-refractivity contribution in [1.82, 2.24) is 24.7 Å². The molecule has 0 saturated carbocycles. The predicted octanol–water partition coefficient (Wildman–Crippen LogP) is 2.56. The molecule has 4 rings (SSSR count). The topological polar surface area (TPSA) is 103 Å². The number of aliphatic hydroxyl groups is 1. The molecule has 9 heteroatoms. The molecule has 0 aliphatic heterocycles. The molecule has 26 heavy (non-hydrogen) atoms. The van der Waals surface area contributed by atoms with Crippen LogP contribution in [0.4, 0.5) is 10.3 Å². The number of aryl methyl sites for hydroxylation is 1. The van der Waals surface area contributed by atoms with E-state index in [1.807, 2.05) is 0 Å². The van der Waals surface area contributed by atoms with Crippen molar-refractivity contribution in [2.45, 2.75) is 19.4 Å². The van der Waals surface area contributed by atoms with Crippen LogP contribution >= 0.6 is 11.3 Å². The van der Waals surface area contributed by atoms with Crippen LogP contribution in [0.5, 0.6) is 0 Å². The average Bonchev–Trinajstić information content (AvgIpc) is 3.23. The molecule has 0 unspecified atom stereocenters. The van der Waals surface area contributed by atoms with Crippen LogP contribution in [-0.2, 0) is 5.60 Å². The zero-order chi connectivity index (χ0) is 18.5. The Morgan fingerprint density at radius 1 is 1.27 bits per heavy atom. The molecule has 1 aromatic carbocycles. The van der Waals surface area contributed by atoms with E-state index in [9.17, 15) is 9.50 Å². The Kier molecular flexibility index (Phi) is 3.70. The molecule has 132 valence electrons. The van der Waals surface area contributed by atoms with Gasteiger partial charge in [-0.3, -0.25) is 0 Å². The fraction of sp³-hybridized carbons (Fsp3) is 0.176. The lowest BCUT2D eigenvalue weighted by molar-refractivity contribution is 0.0977. The standard InChI is InChI=1S/C17H15FN6OS/c1-9-10-7-12(18)11(17(2,25)15-20-5-6-26-15)8-13(10)24(23-9)14-3-4-21-16(19)22-14/h3-8,25H,1-2H3,(H2,19,21,22)/t17-/m1/s1. The van der Waals surface area contributed by atoms with E-state index in [0.717, 1.165) is 0 Å². The van der Waals surface area contributed by atoms with Crippen molar-refractivity contribution in [2.75, 3.05) is 5.73 Å². The minimum atomic E-state index is -1.57. The molecule has 1 atom stereocenters. The average molecular weight is 370 g/mol. The Hall–Kier alpha value is -2.91. The monoisotopic (exact) mass is 370 g/mol. The summed E-state index contributed by atoms with van der Waals surface area (Å²) in [5.74, 6) is 0.0468. The van der Waals surface area contributed by atoms with Gasteiger partial charge in [-0.2, -0.15) is 10.1 Å². The summed E-state index contributed by atoms with van der Waals surface area (Å²) >= 11 is 1.26. The van der Waals surface area contributed by atoms with Gasteiger partial charge < -0.3 is 10.8 Å². The van der Waals surface area contributed by atoms with Crippen molar-refractivity contribution in [3.63, 3.8) is 0 Å². The first-order valence-electron chi connectivity index (χ1n) is 7.78. The Labute approximate surface area is 152 Å². The fourth-order valence-corrected chi connectivity index (χ4v) is 3.60. The summed E-state index contributed by atoms with van der Waals surface area (Å²) in [6.45, 7) is 3.30. The number of benzene rings is 1. The second-order valence-corrected chi connectivity index (χ2v) is 6.92. The highest BCUT2D eigenvalue weighted by Crippen LogP contribution is 2.35. The summed E-state index contributed by atoms with van der Waals surface area (Å²) in [4.78, 5) is 12.2. The lowest BCUT2D eigenvalue weighted by Gasteiger charge is -2.22. The zero-order valence-corrected chi connectivity index (χ0v) is 14.8. The summed E-state index contributed by atoms with van der Waals surface area (Å²) in [6.07, 6.45) is 3.10. The number of nitrogen functional groups attached to an aromatic ring is 1. The number of thiazole rings is 1. The second-order valence-electron chi connectivity index (χ2n) is 6.03. The van der Waals surface area contributed by atoms with Gasteiger partial charge >= 0.3 is 0 Å². The Morgan fingerprint density at radius 3 is 2.77 bits per heavy atom. The van der Waals surface area contributed by atoms with Crippen LogP contribution in [0.1, 0.15) is 23.2 Å². The van der Waals surface area contributed by atoms with Crippen molar-refractivity contribution in [1.29, 1.82) is 0 Å². The van der Waals surface area contributed by atoms with Crippen molar-refractivity contribution < 1.29 is 9.50 Å². The van der Waals surface area contributed by atoms with Crippen LogP contribution in [-0.4, -0.2) is 29.8 Å². The van der Waals surface area contributed by atoms with Gasteiger partial charge in [0.2, 0.25) is 5.95 Å². The van der Waals surface area contributed by atoms with E-state index in [1.165, 1.54) is 30.5 Å². The second kappa shape index (κ2) is 5.82. The molecular weight excluding hydrogens is 355 g/mol. The van der Waals surface area contributed by atoms with Gasteiger partial charge in [0.1, 0.15) is 16.4 Å². The molecule has 0 spiro atoms. The Bertz CT molecular complexity index is 1110. The van der Waals surface area contributed by atoms with Crippen molar-refractivity contribution in [3.8, 4) is 5.82 Å². The van der Waals surface area contributed by atoms with Gasteiger partial charge in [-0.25, -0.2) is 19.0 Å². The van der Waals surface area contributed by atoms with Crippen molar-refractivity contribution in [2.24, 2.45) is 0 Å². The smallest absolute Gasteiger partial charge is 0.221 e. The number of fused-ring (bicyclic) bond motifs is 1. The molecule has 0 bridgehead atoms. The van der Waals surface area contributed by atoms with Gasteiger partial charge in [-0.05, 0) is 26.0 Å². The summed E-state index contributed by atoms with van der Waals surface area (Å²) < 4.78 is 16.4. The first-order valence-corrected chi connectivity index (χ1v) is 8.66. The minimum absolute atomic E-state index is 0.112. The van der Waals surface area contributed by atoms with Gasteiger partial charge in [-0.15, -0.1) is 11.3 Å². The Balaban J connectivity index is 1.97. The molecule has 0 aliphatic rings. The van der Waals surface area contributed by atoms with Crippen LogP contribution in [0.3, 0.4) is 0 Å². The number of aromatic nitrogens is 5. The molecule has 0 radical (unpaired) electrons. The number of halogens is 1. The highest BCUT2D eigenvalue weighted by atomic mass is 32.1. The number of hydrogen-bond donors (Lipinski definition) is 2. The Morgan fingerprint density at radius 2 is 2.08 bits per heavy atom. The third-order valence-corrected chi connectivity index (χ3v) is 5.19. The van der Waals surface area contributed by atoms with Crippen LogP contribution in [0.25, 0.3) is 16.7 Å². The summed E-state index contributed by atoms with van der Waals surface area (Å²) in [5.41, 5.74) is 5.45. The third-order valence-electron chi connectivity index (χ3n) is 4.20. The molecule has 3 N–H and O–H groups in total. The maximum absolute atomic E-state index is 14.8. The number of rotatable bonds is 3. The van der Waals surface area contributed by atoms with E-state index in [-0.39, 0.29) is 11.5 Å². The fourth-order valence-electron chi connectivity index (χ4n) is 2.89. The van der Waals surface area contributed by atoms with E-state index < -0.39 is 11.4 Å². The minimum Gasteiger partial charge on any atom is -0.378 e. The maximum atomic E-state index is 14.8. The third kappa shape index (κ3) is 2.52. The molecule has 0 fully saturated rings. The van der Waals surface area contributed by atoms with Crippen LogP contribution in [0.15, 0.2) is 36.0 Å². The van der Waals surface area contributed by atoms with Gasteiger partial charge in [0, 0.05) is 34.8 Å². The SMILES string of the molecule is Cc1nn(-c2ccnc(N)n2)c2cc([C@@](C)(O)c3nccs3)c(F)cc12. The maximum Gasteiger partial charge on any atom is 0.221 e. The van der Waals surface area contributed by atoms with E-state index in [0.29, 0.717) is 27.4 Å². The van der Waals surface area contributed by atoms with E-state index in [4.69, 9.17) is 5.73 Å². The highest BCUT2D eigenvalue weighted by molar-refractivity contribution is 7.09. The number of nitrogens with zero attached hydrogens (tertiary/aromatic N) is 5. The lowest BCUT2D eigenvalue weighted by atomic mass is 9.94. The molecular formula is C17H15FN6OS. The normalized spacial score (nSPS) is 13.8. The molecule has 0 aliphatic carbocycles. The summed E-state index contributed by atoms with van der Waals surface area (Å²) in [7, 11) is 0. The van der Waals surface area contributed by atoms with E-state index >= 15 is 0 Å². The molecule has 3 heterocycles. The van der Waals surface area contributed by atoms with Gasteiger partial charge in [0.15, 0.2) is 5.82 Å². The van der Waals surface area contributed by atoms with Gasteiger partial charge in [0.25, 0.3) is 0 Å². The van der Waals surface area contributed by atoms with Crippen molar-refractivity contribution in [3.05, 3.63) is 58.1 Å².